The van der Waals surface area contributed by atoms with Crippen molar-refractivity contribution in [2.75, 3.05) is 5.32 Å². The first-order chi connectivity index (χ1) is 14.3. The molecule has 0 aliphatic rings. The molecule has 0 aliphatic heterocycles. The van der Waals surface area contributed by atoms with Crippen LogP contribution < -0.4 is 16.4 Å². The van der Waals surface area contributed by atoms with Crippen molar-refractivity contribution in [3.8, 4) is 11.3 Å². The molecule has 2 heterocycles. The molecule has 156 valence electrons. The number of H-pyrrole nitrogens is 1. The lowest BCUT2D eigenvalue weighted by Gasteiger charge is -2.18. The van der Waals surface area contributed by atoms with Gasteiger partial charge in [-0.15, -0.1) is 11.3 Å². The summed E-state index contributed by atoms with van der Waals surface area (Å²) in [7, 11) is 0. The standard InChI is InChI=1S/C21H23N5O3S/c1-12(2)8-17(27)25-18(13-6-4-3-5-7-13)20(29)26-21-24-16(11-30-21)14-9-15(19(22)28)23-10-14/h3-7,9-12,18,23H,8H2,1-2H3,(H2,22,28)(H,25,27)(H,24,26,29). The van der Waals surface area contributed by atoms with Crippen LogP contribution in [0.15, 0.2) is 48.0 Å². The van der Waals surface area contributed by atoms with E-state index in [9.17, 15) is 14.4 Å². The molecular weight excluding hydrogens is 402 g/mol. The first kappa shape index (κ1) is 21.3. The Morgan fingerprint density at radius 3 is 2.57 bits per heavy atom. The summed E-state index contributed by atoms with van der Waals surface area (Å²) in [5.41, 5.74) is 7.50. The van der Waals surface area contributed by atoms with E-state index in [0.29, 0.717) is 28.4 Å². The van der Waals surface area contributed by atoms with Gasteiger partial charge in [0.05, 0.1) is 5.69 Å². The smallest absolute Gasteiger partial charge is 0.265 e. The number of hydrogen-bond donors (Lipinski definition) is 4. The molecule has 0 spiro atoms. The molecule has 30 heavy (non-hydrogen) atoms. The van der Waals surface area contributed by atoms with Crippen molar-refractivity contribution < 1.29 is 14.4 Å². The fourth-order valence-corrected chi connectivity index (χ4v) is 3.58. The van der Waals surface area contributed by atoms with Gasteiger partial charge in [-0.3, -0.25) is 19.7 Å². The maximum absolute atomic E-state index is 12.9. The SMILES string of the molecule is CC(C)CC(=O)NC(C(=O)Nc1nc(-c2c[nH]c(C(N)=O)c2)cs1)c1ccccc1. The third kappa shape index (κ3) is 5.32. The minimum atomic E-state index is -0.835. The van der Waals surface area contributed by atoms with Gasteiger partial charge in [-0.05, 0) is 17.5 Å². The fraction of sp³-hybridized carbons (Fsp3) is 0.238. The van der Waals surface area contributed by atoms with Crippen molar-refractivity contribution in [2.24, 2.45) is 11.7 Å². The molecule has 2 aromatic heterocycles. The summed E-state index contributed by atoms with van der Waals surface area (Å²) in [5.74, 6) is -0.961. The van der Waals surface area contributed by atoms with E-state index in [1.807, 2.05) is 32.0 Å². The molecule has 1 unspecified atom stereocenters. The van der Waals surface area contributed by atoms with Gasteiger partial charge in [0.1, 0.15) is 11.7 Å². The Kier molecular flexibility index (Phi) is 6.63. The Labute approximate surface area is 177 Å². The van der Waals surface area contributed by atoms with Gasteiger partial charge in [-0.25, -0.2) is 4.98 Å². The van der Waals surface area contributed by atoms with Crippen molar-refractivity contribution in [3.63, 3.8) is 0 Å². The van der Waals surface area contributed by atoms with Gasteiger partial charge in [-0.2, -0.15) is 0 Å². The van der Waals surface area contributed by atoms with Gasteiger partial charge in [0.15, 0.2) is 5.13 Å². The zero-order chi connectivity index (χ0) is 21.7. The number of amides is 3. The summed E-state index contributed by atoms with van der Waals surface area (Å²) < 4.78 is 0. The van der Waals surface area contributed by atoms with E-state index >= 15 is 0 Å². The number of thiazole rings is 1. The Balaban J connectivity index is 1.76. The van der Waals surface area contributed by atoms with Crippen molar-refractivity contribution >= 4 is 34.2 Å². The largest absolute Gasteiger partial charge is 0.364 e. The van der Waals surface area contributed by atoms with Gasteiger partial charge in [0.2, 0.25) is 5.91 Å². The summed E-state index contributed by atoms with van der Waals surface area (Å²) in [6.07, 6.45) is 1.95. The highest BCUT2D eigenvalue weighted by Crippen LogP contribution is 2.26. The minimum absolute atomic E-state index is 0.178. The predicted octanol–water partition coefficient (Wildman–Crippen LogP) is 3.08. The summed E-state index contributed by atoms with van der Waals surface area (Å²) in [5, 5.41) is 7.73. The third-order valence-corrected chi connectivity index (χ3v) is 5.03. The van der Waals surface area contributed by atoms with Crippen molar-refractivity contribution in [1.82, 2.24) is 15.3 Å². The summed E-state index contributed by atoms with van der Waals surface area (Å²) in [6, 6.07) is 9.82. The summed E-state index contributed by atoms with van der Waals surface area (Å²) in [4.78, 5) is 43.7. The maximum atomic E-state index is 12.9. The molecule has 9 heteroatoms. The lowest BCUT2D eigenvalue weighted by molar-refractivity contribution is -0.127. The van der Waals surface area contributed by atoms with Crippen LogP contribution in [-0.4, -0.2) is 27.7 Å². The molecule has 0 fully saturated rings. The molecule has 8 nitrogen and oxygen atoms in total. The van der Waals surface area contributed by atoms with Crippen LogP contribution in [0.1, 0.15) is 42.4 Å². The normalized spacial score (nSPS) is 11.8. The fourth-order valence-electron chi connectivity index (χ4n) is 2.86. The third-order valence-electron chi connectivity index (χ3n) is 4.27. The molecular formula is C21H23N5O3S. The second-order valence-corrected chi connectivity index (χ2v) is 8.06. The number of carbonyl (C=O) groups excluding carboxylic acids is 3. The monoisotopic (exact) mass is 425 g/mol. The number of primary amides is 1. The highest BCUT2D eigenvalue weighted by Gasteiger charge is 2.24. The number of nitrogens with two attached hydrogens (primary N) is 1. The number of hydrogen-bond acceptors (Lipinski definition) is 5. The molecule has 5 N–H and O–H groups in total. The average Bonchev–Trinajstić information content (AvgIpc) is 3.35. The number of rotatable bonds is 8. The van der Waals surface area contributed by atoms with Crippen LogP contribution in [0.5, 0.6) is 0 Å². The average molecular weight is 426 g/mol. The molecule has 0 radical (unpaired) electrons. The first-order valence-electron chi connectivity index (χ1n) is 9.42. The molecule has 1 atom stereocenters. The van der Waals surface area contributed by atoms with Crippen LogP contribution in [0.4, 0.5) is 5.13 Å². The van der Waals surface area contributed by atoms with Crippen LogP contribution in [-0.2, 0) is 9.59 Å². The van der Waals surface area contributed by atoms with Crippen LogP contribution in [0.3, 0.4) is 0 Å². The Morgan fingerprint density at radius 2 is 1.93 bits per heavy atom. The van der Waals surface area contributed by atoms with Crippen molar-refractivity contribution in [2.45, 2.75) is 26.3 Å². The van der Waals surface area contributed by atoms with E-state index in [2.05, 4.69) is 20.6 Å². The van der Waals surface area contributed by atoms with E-state index in [1.54, 1.807) is 29.8 Å². The van der Waals surface area contributed by atoms with Crippen LogP contribution in [0.25, 0.3) is 11.3 Å². The molecule has 0 saturated carbocycles. The number of carbonyl (C=O) groups is 3. The van der Waals surface area contributed by atoms with Crippen LogP contribution in [0.2, 0.25) is 0 Å². The van der Waals surface area contributed by atoms with Gasteiger partial charge in [-0.1, -0.05) is 44.2 Å². The van der Waals surface area contributed by atoms with Gasteiger partial charge in [0.25, 0.3) is 11.8 Å². The van der Waals surface area contributed by atoms with Crippen molar-refractivity contribution in [1.29, 1.82) is 0 Å². The zero-order valence-electron chi connectivity index (χ0n) is 16.6. The number of anilines is 1. The van der Waals surface area contributed by atoms with E-state index in [0.717, 1.165) is 0 Å². The topological polar surface area (TPSA) is 130 Å². The highest BCUT2D eigenvalue weighted by atomic mass is 32.1. The van der Waals surface area contributed by atoms with E-state index in [4.69, 9.17) is 5.73 Å². The van der Waals surface area contributed by atoms with E-state index in [1.165, 1.54) is 11.3 Å². The minimum Gasteiger partial charge on any atom is -0.364 e. The molecule has 3 aromatic rings. The molecule has 1 aromatic carbocycles. The van der Waals surface area contributed by atoms with Crippen LogP contribution >= 0.6 is 11.3 Å². The highest BCUT2D eigenvalue weighted by molar-refractivity contribution is 7.14. The molecule has 0 saturated heterocycles. The number of nitrogens with zero attached hydrogens (tertiary/aromatic N) is 1. The molecule has 0 aliphatic carbocycles. The number of benzene rings is 1. The lowest BCUT2D eigenvalue weighted by Crippen LogP contribution is -2.37. The predicted molar refractivity (Wildman–Crippen MR) is 116 cm³/mol. The van der Waals surface area contributed by atoms with Gasteiger partial charge < -0.3 is 16.0 Å². The van der Waals surface area contributed by atoms with Gasteiger partial charge in [0, 0.05) is 23.6 Å². The molecule has 3 amide bonds. The molecule has 3 rings (SSSR count). The first-order valence-corrected chi connectivity index (χ1v) is 10.3. The second-order valence-electron chi connectivity index (χ2n) is 7.20. The Hall–Kier alpha value is -3.46. The van der Waals surface area contributed by atoms with E-state index in [-0.39, 0.29) is 23.4 Å². The van der Waals surface area contributed by atoms with Gasteiger partial charge >= 0.3 is 0 Å². The zero-order valence-corrected chi connectivity index (χ0v) is 17.5. The summed E-state index contributed by atoms with van der Waals surface area (Å²) in [6.45, 7) is 3.89. The summed E-state index contributed by atoms with van der Waals surface area (Å²) >= 11 is 1.25. The van der Waals surface area contributed by atoms with Crippen molar-refractivity contribution in [3.05, 3.63) is 59.2 Å². The second kappa shape index (κ2) is 9.36. The molecule has 0 bridgehead atoms. The maximum Gasteiger partial charge on any atom is 0.265 e. The lowest BCUT2D eigenvalue weighted by atomic mass is 10.0. The number of nitrogens with one attached hydrogen (secondary N) is 3. The van der Waals surface area contributed by atoms with Crippen LogP contribution in [0, 0.1) is 5.92 Å². The van der Waals surface area contributed by atoms with E-state index < -0.39 is 11.9 Å². The Bertz CT molecular complexity index is 1040. The number of aromatic amines is 1. The quantitative estimate of drug-likeness (QED) is 0.442. The number of aromatic nitrogens is 2. The Morgan fingerprint density at radius 1 is 1.20 bits per heavy atom.